The molecular weight excluding hydrogens is 336 g/mol. The summed E-state index contributed by atoms with van der Waals surface area (Å²) in [6.07, 6.45) is 1.49. The molecule has 7 nitrogen and oxygen atoms in total. The van der Waals surface area contributed by atoms with Crippen LogP contribution in [0.4, 0.5) is 5.69 Å². The first-order valence-electron chi connectivity index (χ1n) is 6.84. The van der Waals surface area contributed by atoms with Gasteiger partial charge in [-0.05, 0) is 24.3 Å². The van der Waals surface area contributed by atoms with Crippen LogP contribution in [0.1, 0.15) is 10.4 Å². The molecule has 2 aromatic rings. The molecule has 0 radical (unpaired) electrons. The molecule has 0 bridgehead atoms. The van der Waals surface area contributed by atoms with Crippen molar-refractivity contribution in [1.29, 1.82) is 0 Å². The van der Waals surface area contributed by atoms with Crippen molar-refractivity contribution in [3.63, 3.8) is 0 Å². The Bertz CT molecular complexity index is 729. The topological polar surface area (TPSA) is 86.8 Å². The number of hydrogen-bond donors (Lipinski definition) is 1. The summed E-state index contributed by atoms with van der Waals surface area (Å²) in [7, 11) is 2.93. The molecule has 0 aliphatic heterocycles. The second kappa shape index (κ2) is 8.16. The summed E-state index contributed by atoms with van der Waals surface area (Å²) < 4.78 is 15.1. The maximum atomic E-state index is 12.1. The third kappa shape index (κ3) is 4.60. The predicted octanol–water partition coefficient (Wildman–Crippen LogP) is 2.55. The van der Waals surface area contributed by atoms with E-state index in [1.165, 1.54) is 32.5 Å². The van der Waals surface area contributed by atoms with Crippen molar-refractivity contribution >= 4 is 29.2 Å². The van der Waals surface area contributed by atoms with E-state index in [0.29, 0.717) is 17.2 Å². The minimum absolute atomic E-state index is 0.148. The minimum atomic E-state index is -0.681. The van der Waals surface area contributed by atoms with E-state index in [4.69, 9.17) is 25.8 Å². The van der Waals surface area contributed by atoms with Gasteiger partial charge in [0.1, 0.15) is 11.5 Å². The second-order valence-corrected chi connectivity index (χ2v) is 4.93. The average Bonchev–Trinajstić information content (AvgIpc) is 2.61. The van der Waals surface area contributed by atoms with E-state index >= 15 is 0 Å². The number of pyridine rings is 1. The van der Waals surface area contributed by atoms with Crippen molar-refractivity contribution in [2.75, 3.05) is 26.1 Å². The number of ether oxygens (including phenoxy) is 3. The van der Waals surface area contributed by atoms with E-state index < -0.39 is 18.5 Å². The number of aromatic nitrogens is 1. The zero-order valence-corrected chi connectivity index (χ0v) is 13.8. The predicted molar refractivity (Wildman–Crippen MR) is 87.7 cm³/mol. The van der Waals surface area contributed by atoms with Crippen molar-refractivity contribution in [1.82, 2.24) is 4.98 Å². The van der Waals surface area contributed by atoms with E-state index in [0.717, 1.165) is 0 Å². The maximum Gasteiger partial charge on any atom is 0.338 e. The number of rotatable bonds is 6. The van der Waals surface area contributed by atoms with Crippen LogP contribution in [0.5, 0.6) is 11.5 Å². The van der Waals surface area contributed by atoms with E-state index in [9.17, 15) is 9.59 Å². The van der Waals surface area contributed by atoms with Gasteiger partial charge in [-0.1, -0.05) is 11.6 Å². The van der Waals surface area contributed by atoms with Crippen LogP contribution >= 0.6 is 11.6 Å². The highest BCUT2D eigenvalue weighted by Crippen LogP contribution is 2.23. The van der Waals surface area contributed by atoms with Gasteiger partial charge in [0.25, 0.3) is 5.91 Å². The first-order valence-corrected chi connectivity index (χ1v) is 7.22. The smallest absolute Gasteiger partial charge is 0.338 e. The Morgan fingerprint density at radius 2 is 1.83 bits per heavy atom. The summed E-state index contributed by atoms with van der Waals surface area (Å²) in [6.45, 7) is -0.469. The van der Waals surface area contributed by atoms with Crippen LogP contribution in [0, 0.1) is 0 Å². The van der Waals surface area contributed by atoms with E-state index in [1.54, 1.807) is 18.2 Å². The molecule has 126 valence electrons. The van der Waals surface area contributed by atoms with Gasteiger partial charge in [0, 0.05) is 12.3 Å². The molecule has 0 fully saturated rings. The Morgan fingerprint density at radius 3 is 2.42 bits per heavy atom. The van der Waals surface area contributed by atoms with Crippen LogP contribution in [0.15, 0.2) is 36.5 Å². The van der Waals surface area contributed by atoms with Crippen LogP contribution in [0.2, 0.25) is 5.15 Å². The molecule has 0 saturated carbocycles. The number of carbonyl (C=O) groups excluding carboxylic acids is 2. The number of halogens is 1. The molecule has 0 atom stereocenters. The second-order valence-electron chi connectivity index (χ2n) is 4.57. The Hall–Kier alpha value is -2.80. The number of esters is 1. The number of hydrogen-bond acceptors (Lipinski definition) is 6. The number of benzene rings is 1. The van der Waals surface area contributed by atoms with Crippen molar-refractivity contribution in [2.24, 2.45) is 0 Å². The number of nitrogens with zero attached hydrogens (tertiary/aromatic N) is 1. The van der Waals surface area contributed by atoms with E-state index in [2.05, 4.69) is 10.3 Å². The minimum Gasteiger partial charge on any atom is -0.497 e. The molecule has 0 unspecified atom stereocenters. The third-order valence-corrected chi connectivity index (χ3v) is 3.26. The number of anilines is 1. The van der Waals surface area contributed by atoms with Gasteiger partial charge in [-0.15, -0.1) is 0 Å². The molecule has 8 heteroatoms. The highest BCUT2D eigenvalue weighted by molar-refractivity contribution is 6.32. The third-order valence-electron chi connectivity index (χ3n) is 2.95. The molecule has 1 aromatic heterocycles. The highest BCUT2D eigenvalue weighted by atomic mass is 35.5. The van der Waals surface area contributed by atoms with Gasteiger partial charge in [-0.3, -0.25) is 4.79 Å². The van der Waals surface area contributed by atoms with Crippen molar-refractivity contribution in [3.8, 4) is 11.5 Å². The lowest BCUT2D eigenvalue weighted by molar-refractivity contribution is -0.119. The molecule has 24 heavy (non-hydrogen) atoms. The summed E-state index contributed by atoms with van der Waals surface area (Å²) in [5, 5.41) is 2.65. The monoisotopic (exact) mass is 350 g/mol. The van der Waals surface area contributed by atoms with Gasteiger partial charge in [0.2, 0.25) is 0 Å². The van der Waals surface area contributed by atoms with Crippen molar-refractivity contribution in [3.05, 3.63) is 47.2 Å². The van der Waals surface area contributed by atoms with Gasteiger partial charge in [0.05, 0.1) is 25.5 Å². The average molecular weight is 351 g/mol. The van der Waals surface area contributed by atoms with Gasteiger partial charge in [-0.2, -0.15) is 0 Å². The fourth-order valence-electron chi connectivity index (χ4n) is 1.81. The lowest BCUT2D eigenvalue weighted by atomic mass is 10.2. The quantitative estimate of drug-likeness (QED) is 0.636. The summed E-state index contributed by atoms with van der Waals surface area (Å²) in [4.78, 5) is 27.7. The van der Waals surface area contributed by atoms with E-state index in [-0.39, 0.29) is 10.7 Å². The molecule has 0 aliphatic rings. The molecule has 1 N–H and O–H groups in total. The number of carbonyl (C=O) groups is 2. The first kappa shape index (κ1) is 17.6. The van der Waals surface area contributed by atoms with Crippen LogP contribution in [0.3, 0.4) is 0 Å². The Labute approximate surface area is 143 Å². The molecule has 1 amide bonds. The fourth-order valence-corrected chi connectivity index (χ4v) is 1.97. The summed E-state index contributed by atoms with van der Waals surface area (Å²) in [5.74, 6) is -0.339. The van der Waals surface area contributed by atoms with Gasteiger partial charge < -0.3 is 19.5 Å². The molecule has 0 spiro atoms. The summed E-state index contributed by atoms with van der Waals surface area (Å²) >= 11 is 5.83. The zero-order chi connectivity index (χ0) is 17.5. The van der Waals surface area contributed by atoms with E-state index in [1.807, 2.05) is 0 Å². The zero-order valence-electron chi connectivity index (χ0n) is 13.0. The van der Waals surface area contributed by atoms with Crippen LogP contribution in [-0.2, 0) is 9.53 Å². The molecule has 0 saturated heterocycles. The van der Waals surface area contributed by atoms with Crippen LogP contribution in [-0.4, -0.2) is 37.7 Å². The summed E-state index contributed by atoms with van der Waals surface area (Å²) in [6, 6.07) is 7.80. The number of nitrogens with one attached hydrogen (secondary N) is 1. The Morgan fingerprint density at radius 1 is 1.17 bits per heavy atom. The number of amides is 1. The van der Waals surface area contributed by atoms with Crippen molar-refractivity contribution in [2.45, 2.75) is 0 Å². The van der Waals surface area contributed by atoms with Crippen LogP contribution in [0.25, 0.3) is 0 Å². The highest BCUT2D eigenvalue weighted by Gasteiger charge is 2.14. The molecule has 1 aromatic carbocycles. The van der Waals surface area contributed by atoms with Gasteiger partial charge in [-0.25, -0.2) is 9.78 Å². The molecule has 2 rings (SSSR count). The molecular formula is C16H15ClN2O5. The van der Waals surface area contributed by atoms with Gasteiger partial charge in [0.15, 0.2) is 11.8 Å². The largest absolute Gasteiger partial charge is 0.497 e. The maximum absolute atomic E-state index is 12.1. The fraction of sp³-hybridized carbons (Fsp3) is 0.188. The van der Waals surface area contributed by atoms with Crippen LogP contribution < -0.4 is 14.8 Å². The lowest BCUT2D eigenvalue weighted by Gasteiger charge is -2.09. The standard InChI is InChI=1S/C16H15ClN2O5/c1-22-11-6-10(7-12(8-11)23-2)16(21)24-9-14(20)19-13-4-3-5-18-15(13)17/h3-8H,9H2,1-2H3,(H,19,20). The number of methoxy groups -OCH3 is 2. The van der Waals surface area contributed by atoms with Gasteiger partial charge >= 0.3 is 5.97 Å². The van der Waals surface area contributed by atoms with Crippen molar-refractivity contribution < 1.29 is 23.8 Å². The SMILES string of the molecule is COc1cc(OC)cc(C(=O)OCC(=O)Nc2cccnc2Cl)c1. The first-order chi connectivity index (χ1) is 11.5. The normalized spacial score (nSPS) is 9.96. The molecule has 1 heterocycles. The molecule has 0 aliphatic carbocycles. The summed E-state index contributed by atoms with van der Waals surface area (Å²) in [5.41, 5.74) is 0.543. The lowest BCUT2D eigenvalue weighted by Crippen LogP contribution is -2.21. The Balaban J connectivity index is 1.98. The Kier molecular flexibility index (Phi) is 5.97.